The lowest BCUT2D eigenvalue weighted by molar-refractivity contribution is -0.132. The first-order valence-electron chi connectivity index (χ1n) is 11.9. The Kier molecular flexibility index (Phi) is 6.43. The van der Waals surface area contributed by atoms with E-state index in [2.05, 4.69) is 0 Å². The highest BCUT2D eigenvalue weighted by Crippen LogP contribution is 2.45. The summed E-state index contributed by atoms with van der Waals surface area (Å²) < 4.78 is 11.7. The summed E-state index contributed by atoms with van der Waals surface area (Å²) in [5.74, 6) is -0.469. The first-order valence-corrected chi connectivity index (χ1v) is 12.7. The second kappa shape index (κ2) is 9.71. The van der Waals surface area contributed by atoms with Gasteiger partial charge in [-0.2, -0.15) is 0 Å². The molecule has 37 heavy (non-hydrogen) atoms. The topological polar surface area (TPSA) is 89.0 Å². The van der Waals surface area contributed by atoms with Gasteiger partial charge in [-0.25, -0.2) is 4.98 Å². The molecule has 1 saturated heterocycles. The van der Waals surface area contributed by atoms with Gasteiger partial charge in [0.2, 0.25) is 0 Å². The number of hydrogen-bond donors (Lipinski definition) is 1. The van der Waals surface area contributed by atoms with Crippen LogP contribution in [-0.2, 0) is 9.59 Å². The molecule has 0 spiro atoms. The number of amides is 1. The molecule has 1 aliphatic rings. The predicted octanol–water partition coefficient (Wildman–Crippen LogP) is 5.95. The molecule has 5 rings (SSSR count). The lowest BCUT2D eigenvalue weighted by Gasteiger charge is -2.23. The van der Waals surface area contributed by atoms with Crippen LogP contribution < -0.4 is 14.4 Å². The van der Waals surface area contributed by atoms with Crippen LogP contribution in [0.15, 0.2) is 66.2 Å². The second-order valence-electron chi connectivity index (χ2n) is 8.82. The molecular weight excluding hydrogens is 488 g/mol. The number of ketones is 1. The maximum absolute atomic E-state index is 13.5. The zero-order valence-electron chi connectivity index (χ0n) is 20.9. The zero-order valence-corrected chi connectivity index (χ0v) is 21.8. The number of Topliss-reactive ketones (excluding diaryl/α,β-unsaturated/α-hetero) is 1. The Morgan fingerprint density at radius 2 is 1.70 bits per heavy atom. The number of anilines is 1. The van der Waals surface area contributed by atoms with Crippen LogP contribution in [0.3, 0.4) is 0 Å². The Morgan fingerprint density at radius 3 is 2.35 bits per heavy atom. The molecule has 1 fully saturated rings. The molecule has 1 aromatic heterocycles. The van der Waals surface area contributed by atoms with E-state index < -0.39 is 17.7 Å². The summed E-state index contributed by atoms with van der Waals surface area (Å²) >= 11 is 1.35. The van der Waals surface area contributed by atoms with Crippen molar-refractivity contribution in [2.45, 2.75) is 26.8 Å². The van der Waals surface area contributed by atoms with Crippen molar-refractivity contribution in [2.24, 2.45) is 0 Å². The van der Waals surface area contributed by atoms with Gasteiger partial charge in [-0.1, -0.05) is 29.5 Å². The Morgan fingerprint density at radius 1 is 1.03 bits per heavy atom. The molecule has 1 amide bonds. The zero-order chi connectivity index (χ0) is 26.3. The monoisotopic (exact) mass is 514 g/mol. The highest BCUT2D eigenvalue weighted by molar-refractivity contribution is 7.22. The number of rotatable bonds is 6. The number of methoxy groups -OCH3 is 1. The Bertz CT molecular complexity index is 1540. The van der Waals surface area contributed by atoms with Crippen molar-refractivity contribution in [3.05, 3.63) is 88.5 Å². The van der Waals surface area contributed by atoms with E-state index in [1.54, 1.807) is 55.6 Å². The van der Waals surface area contributed by atoms with Crippen LogP contribution in [0.4, 0.5) is 5.13 Å². The van der Waals surface area contributed by atoms with Gasteiger partial charge in [-0.05, 0) is 79.9 Å². The molecule has 1 atom stereocenters. The van der Waals surface area contributed by atoms with Crippen molar-refractivity contribution in [3.63, 3.8) is 0 Å². The Balaban J connectivity index is 1.69. The third-order valence-corrected chi connectivity index (χ3v) is 7.34. The average Bonchev–Trinajstić information content (AvgIpc) is 3.43. The van der Waals surface area contributed by atoms with E-state index in [1.165, 1.54) is 16.2 Å². The van der Waals surface area contributed by atoms with Crippen LogP contribution in [0.2, 0.25) is 0 Å². The van der Waals surface area contributed by atoms with Crippen LogP contribution in [0.1, 0.15) is 35.2 Å². The highest BCUT2D eigenvalue weighted by atomic mass is 32.1. The van der Waals surface area contributed by atoms with Gasteiger partial charge in [0.1, 0.15) is 17.3 Å². The molecule has 0 unspecified atom stereocenters. The van der Waals surface area contributed by atoms with Gasteiger partial charge in [0.15, 0.2) is 5.13 Å². The fourth-order valence-corrected chi connectivity index (χ4v) is 5.79. The fourth-order valence-electron chi connectivity index (χ4n) is 4.62. The third-order valence-electron chi connectivity index (χ3n) is 6.34. The summed E-state index contributed by atoms with van der Waals surface area (Å²) in [6.45, 7) is 6.37. The molecule has 0 bridgehead atoms. The van der Waals surface area contributed by atoms with Crippen LogP contribution in [-0.4, -0.2) is 35.5 Å². The minimum Gasteiger partial charge on any atom is -0.507 e. The second-order valence-corrected chi connectivity index (χ2v) is 9.83. The van der Waals surface area contributed by atoms with E-state index in [4.69, 9.17) is 14.5 Å². The van der Waals surface area contributed by atoms with Crippen LogP contribution in [0, 0.1) is 13.8 Å². The largest absolute Gasteiger partial charge is 0.507 e. The number of aliphatic hydroxyl groups is 1. The molecule has 7 nitrogen and oxygen atoms in total. The van der Waals surface area contributed by atoms with E-state index in [9.17, 15) is 14.7 Å². The molecule has 3 aromatic carbocycles. The van der Waals surface area contributed by atoms with Crippen molar-refractivity contribution < 1.29 is 24.2 Å². The van der Waals surface area contributed by atoms with Gasteiger partial charge in [0, 0.05) is 5.56 Å². The van der Waals surface area contributed by atoms with E-state index in [1.807, 2.05) is 32.9 Å². The molecule has 0 radical (unpaired) electrons. The van der Waals surface area contributed by atoms with E-state index in [0.717, 1.165) is 21.3 Å². The van der Waals surface area contributed by atoms with Gasteiger partial charge >= 0.3 is 5.91 Å². The number of fused-ring (bicyclic) bond motifs is 1. The molecule has 2 heterocycles. The van der Waals surface area contributed by atoms with Gasteiger partial charge in [-0.15, -0.1) is 0 Å². The lowest BCUT2D eigenvalue weighted by atomic mass is 9.95. The molecule has 4 aromatic rings. The van der Waals surface area contributed by atoms with E-state index >= 15 is 0 Å². The van der Waals surface area contributed by atoms with Crippen LogP contribution >= 0.6 is 11.3 Å². The Hall–Kier alpha value is -4.17. The summed E-state index contributed by atoms with van der Waals surface area (Å²) in [4.78, 5) is 33.1. The Labute approximate surface area is 218 Å². The number of benzene rings is 3. The molecule has 8 heteroatoms. The minimum absolute atomic E-state index is 0.00600. The lowest BCUT2D eigenvalue weighted by Crippen LogP contribution is -2.29. The minimum atomic E-state index is -0.862. The summed E-state index contributed by atoms with van der Waals surface area (Å²) in [5.41, 5.74) is 3.93. The molecule has 0 saturated carbocycles. The number of thiazole rings is 1. The number of hydrogen-bond acceptors (Lipinski definition) is 7. The number of aryl methyl sites for hydroxylation is 2. The quantitative estimate of drug-likeness (QED) is 0.194. The number of nitrogens with zero attached hydrogens (tertiary/aromatic N) is 2. The van der Waals surface area contributed by atoms with Crippen molar-refractivity contribution >= 4 is 44.1 Å². The highest BCUT2D eigenvalue weighted by Gasteiger charge is 2.48. The summed E-state index contributed by atoms with van der Waals surface area (Å²) in [5, 5.41) is 11.7. The molecular formula is C29H26N2O5S. The summed E-state index contributed by atoms with van der Waals surface area (Å²) in [7, 11) is 1.57. The number of carbonyl (C=O) groups is 2. The number of carbonyl (C=O) groups excluding carboxylic acids is 2. The SMILES string of the molecule is CCOc1ccc(C(O)=C2C(=O)C(=O)N(c3nc4c(C)cc(C)cc4s3)[C@@H]2c2ccc(OC)cc2)cc1. The number of ether oxygens (including phenoxy) is 2. The maximum Gasteiger partial charge on any atom is 0.301 e. The fraction of sp³-hybridized carbons (Fsp3) is 0.207. The summed E-state index contributed by atoms with van der Waals surface area (Å²) in [6, 6.07) is 17.1. The standard InChI is InChI=1S/C29H26N2O5S/c1-5-36-21-12-8-19(9-13-21)26(32)23-25(18-6-10-20(35-4)11-7-18)31(28(34)27(23)33)29-30-24-17(3)14-16(2)15-22(24)37-29/h6-15,25,32H,5H2,1-4H3/t25-/m1/s1. The van der Waals surface area contributed by atoms with Crippen LogP contribution in [0.5, 0.6) is 11.5 Å². The van der Waals surface area contributed by atoms with Crippen molar-refractivity contribution in [1.82, 2.24) is 4.98 Å². The average molecular weight is 515 g/mol. The number of aliphatic hydroxyl groups excluding tert-OH is 1. The smallest absolute Gasteiger partial charge is 0.301 e. The van der Waals surface area contributed by atoms with Gasteiger partial charge in [0.05, 0.1) is 35.5 Å². The maximum atomic E-state index is 13.5. The van der Waals surface area contributed by atoms with Crippen molar-refractivity contribution in [1.29, 1.82) is 0 Å². The normalized spacial score (nSPS) is 17.0. The molecule has 1 aliphatic heterocycles. The van der Waals surface area contributed by atoms with Gasteiger partial charge in [-0.3, -0.25) is 14.5 Å². The predicted molar refractivity (Wildman–Crippen MR) is 144 cm³/mol. The van der Waals surface area contributed by atoms with Gasteiger partial charge in [0.25, 0.3) is 5.78 Å². The van der Waals surface area contributed by atoms with E-state index in [-0.39, 0.29) is 11.3 Å². The first kappa shape index (κ1) is 24.5. The van der Waals surface area contributed by atoms with Crippen molar-refractivity contribution in [3.8, 4) is 11.5 Å². The molecule has 188 valence electrons. The first-order chi connectivity index (χ1) is 17.8. The van der Waals surface area contributed by atoms with Crippen LogP contribution in [0.25, 0.3) is 16.0 Å². The summed E-state index contributed by atoms with van der Waals surface area (Å²) in [6.07, 6.45) is 0. The third kappa shape index (κ3) is 4.34. The number of aromatic nitrogens is 1. The van der Waals surface area contributed by atoms with Crippen molar-refractivity contribution in [2.75, 3.05) is 18.6 Å². The van der Waals surface area contributed by atoms with Gasteiger partial charge < -0.3 is 14.6 Å². The molecule has 0 aliphatic carbocycles. The van der Waals surface area contributed by atoms with E-state index in [0.29, 0.717) is 34.4 Å². The molecule has 1 N–H and O–H groups in total.